The molecule has 0 saturated carbocycles. The van der Waals surface area contributed by atoms with Gasteiger partial charge in [-0.2, -0.15) is 0 Å². The van der Waals surface area contributed by atoms with Crippen LogP contribution in [0, 0.1) is 10.1 Å². The molecule has 0 atom stereocenters. The van der Waals surface area contributed by atoms with Gasteiger partial charge in [0.25, 0.3) is 5.69 Å². The normalized spacial score (nSPS) is 10.3. The van der Waals surface area contributed by atoms with Crippen LogP contribution in [0.25, 0.3) is 0 Å². The van der Waals surface area contributed by atoms with Crippen molar-refractivity contribution in [1.82, 2.24) is 4.98 Å². The van der Waals surface area contributed by atoms with Gasteiger partial charge in [-0.1, -0.05) is 6.07 Å². The smallest absolute Gasteiger partial charge is 0.339 e. The van der Waals surface area contributed by atoms with Crippen molar-refractivity contribution in [2.75, 3.05) is 18.5 Å². The van der Waals surface area contributed by atoms with Crippen LogP contribution in [0.15, 0.2) is 29.8 Å². The topological polar surface area (TPSA) is 96.6 Å². The zero-order chi connectivity index (χ0) is 15.4. The minimum Gasteiger partial charge on any atom is -0.478 e. The van der Waals surface area contributed by atoms with Gasteiger partial charge >= 0.3 is 5.97 Å². The summed E-state index contributed by atoms with van der Waals surface area (Å²) in [5, 5.41) is 21.9. The summed E-state index contributed by atoms with van der Waals surface area (Å²) in [4.78, 5) is 28.1. The Hall–Kier alpha value is -2.48. The number of anilines is 1. The number of carboxylic acid groups (broad SMARTS) is 1. The lowest BCUT2D eigenvalue weighted by atomic mass is 10.2. The Morgan fingerprint density at radius 2 is 2.33 bits per heavy atom. The number of carboxylic acids is 1. The Bertz CT molecular complexity index is 657. The molecule has 2 aromatic heterocycles. The second kappa shape index (κ2) is 6.31. The maximum atomic E-state index is 11.2. The number of likely N-dealkylation sites (N-methyl/N-ethyl adjacent to an activating group) is 1. The van der Waals surface area contributed by atoms with Gasteiger partial charge in [-0.25, -0.2) is 9.78 Å². The van der Waals surface area contributed by atoms with Crippen LogP contribution in [0.3, 0.4) is 0 Å². The van der Waals surface area contributed by atoms with Crippen molar-refractivity contribution in [2.24, 2.45) is 0 Å². The molecule has 8 heteroatoms. The summed E-state index contributed by atoms with van der Waals surface area (Å²) in [5.74, 6) is -1.01. The predicted octanol–water partition coefficient (Wildman–Crippen LogP) is 2.43. The zero-order valence-electron chi connectivity index (χ0n) is 11.2. The predicted molar refractivity (Wildman–Crippen MR) is 79.1 cm³/mol. The number of nitrogens with zero attached hydrogens (tertiary/aromatic N) is 3. The SMILES string of the molecule is CN(CCc1cccs1)c1ncc([N+](=O)[O-])cc1C(=O)O. The van der Waals surface area contributed by atoms with Gasteiger partial charge < -0.3 is 10.0 Å². The average Bonchev–Trinajstić information content (AvgIpc) is 2.97. The average molecular weight is 307 g/mol. The van der Waals surface area contributed by atoms with Crippen LogP contribution in [0.2, 0.25) is 0 Å². The quantitative estimate of drug-likeness (QED) is 0.650. The number of carbonyl (C=O) groups is 1. The molecule has 0 spiro atoms. The van der Waals surface area contributed by atoms with Gasteiger partial charge in [0.15, 0.2) is 0 Å². The second-order valence-electron chi connectivity index (χ2n) is 4.38. The lowest BCUT2D eigenvalue weighted by Crippen LogP contribution is -2.23. The Labute approximate surface area is 124 Å². The summed E-state index contributed by atoms with van der Waals surface area (Å²) < 4.78 is 0. The van der Waals surface area contributed by atoms with Crippen molar-refractivity contribution < 1.29 is 14.8 Å². The molecule has 0 bridgehead atoms. The molecule has 0 aliphatic carbocycles. The number of aromatic nitrogens is 1. The van der Waals surface area contributed by atoms with E-state index >= 15 is 0 Å². The molecule has 2 heterocycles. The van der Waals surface area contributed by atoms with Crippen LogP contribution >= 0.6 is 11.3 Å². The molecule has 0 radical (unpaired) electrons. The van der Waals surface area contributed by atoms with E-state index in [1.165, 1.54) is 4.88 Å². The molecule has 0 unspecified atom stereocenters. The largest absolute Gasteiger partial charge is 0.478 e. The standard InChI is InChI=1S/C13H13N3O4S/c1-15(5-4-10-3-2-6-21-10)12-11(13(17)18)7-9(8-14-12)16(19)20/h2-3,6-8H,4-5H2,1H3,(H,17,18). The van der Waals surface area contributed by atoms with Gasteiger partial charge in [-0.15, -0.1) is 11.3 Å². The highest BCUT2D eigenvalue weighted by atomic mass is 32.1. The lowest BCUT2D eigenvalue weighted by Gasteiger charge is -2.19. The maximum absolute atomic E-state index is 11.2. The molecule has 0 aromatic carbocycles. The van der Waals surface area contributed by atoms with E-state index in [9.17, 15) is 20.0 Å². The summed E-state index contributed by atoms with van der Waals surface area (Å²) in [7, 11) is 1.72. The Kier molecular flexibility index (Phi) is 4.49. The highest BCUT2D eigenvalue weighted by molar-refractivity contribution is 7.09. The number of rotatable bonds is 6. The number of hydrogen-bond acceptors (Lipinski definition) is 6. The Morgan fingerprint density at radius 1 is 1.57 bits per heavy atom. The molecule has 0 aliphatic rings. The zero-order valence-corrected chi connectivity index (χ0v) is 12.0. The fourth-order valence-corrected chi connectivity index (χ4v) is 2.54. The molecular weight excluding hydrogens is 294 g/mol. The number of pyridine rings is 1. The van der Waals surface area contributed by atoms with Crippen LogP contribution < -0.4 is 4.90 Å². The molecule has 1 N–H and O–H groups in total. The molecule has 2 rings (SSSR count). The van der Waals surface area contributed by atoms with Gasteiger partial charge in [-0.05, 0) is 17.9 Å². The van der Waals surface area contributed by atoms with E-state index in [2.05, 4.69) is 4.98 Å². The second-order valence-corrected chi connectivity index (χ2v) is 5.41. The Morgan fingerprint density at radius 3 is 2.90 bits per heavy atom. The molecule has 0 amide bonds. The van der Waals surface area contributed by atoms with Crippen LogP contribution in [-0.2, 0) is 6.42 Å². The van der Waals surface area contributed by atoms with Crippen LogP contribution in [0.4, 0.5) is 11.5 Å². The van der Waals surface area contributed by atoms with Crippen molar-refractivity contribution in [1.29, 1.82) is 0 Å². The van der Waals surface area contributed by atoms with Gasteiger partial charge in [-0.3, -0.25) is 10.1 Å². The maximum Gasteiger partial charge on any atom is 0.339 e. The third-order valence-electron chi connectivity index (χ3n) is 2.93. The number of hydrogen-bond donors (Lipinski definition) is 1. The van der Waals surface area contributed by atoms with Crippen molar-refractivity contribution in [3.05, 3.63) is 50.3 Å². The summed E-state index contributed by atoms with van der Waals surface area (Å²) in [5.41, 5.74) is -0.499. The highest BCUT2D eigenvalue weighted by Crippen LogP contribution is 2.22. The van der Waals surface area contributed by atoms with E-state index in [0.29, 0.717) is 6.54 Å². The van der Waals surface area contributed by atoms with E-state index in [1.54, 1.807) is 23.3 Å². The van der Waals surface area contributed by atoms with Crippen LogP contribution in [0.5, 0.6) is 0 Å². The van der Waals surface area contributed by atoms with Crippen molar-refractivity contribution in [2.45, 2.75) is 6.42 Å². The van der Waals surface area contributed by atoms with E-state index in [1.807, 2.05) is 17.5 Å². The first-order chi connectivity index (χ1) is 9.99. The summed E-state index contributed by atoms with van der Waals surface area (Å²) in [6.45, 7) is 0.575. The molecule has 110 valence electrons. The Balaban J connectivity index is 2.21. The molecule has 2 aromatic rings. The fraction of sp³-hybridized carbons (Fsp3) is 0.231. The van der Waals surface area contributed by atoms with Crippen LogP contribution in [-0.4, -0.2) is 34.6 Å². The van der Waals surface area contributed by atoms with E-state index in [4.69, 9.17) is 0 Å². The molecule has 7 nitrogen and oxygen atoms in total. The van der Waals surface area contributed by atoms with Crippen molar-refractivity contribution >= 4 is 28.8 Å². The summed E-state index contributed by atoms with van der Waals surface area (Å²) in [6, 6.07) is 4.99. The van der Waals surface area contributed by atoms with Crippen LogP contribution in [0.1, 0.15) is 15.2 Å². The number of nitro groups is 1. The third kappa shape index (κ3) is 3.54. The minimum absolute atomic E-state index is 0.169. The van der Waals surface area contributed by atoms with Crippen molar-refractivity contribution in [3.8, 4) is 0 Å². The van der Waals surface area contributed by atoms with Gasteiger partial charge in [0.2, 0.25) is 0 Å². The van der Waals surface area contributed by atoms with E-state index in [-0.39, 0.29) is 17.1 Å². The van der Waals surface area contributed by atoms with Gasteiger partial charge in [0, 0.05) is 24.5 Å². The van der Waals surface area contributed by atoms with E-state index in [0.717, 1.165) is 18.7 Å². The highest BCUT2D eigenvalue weighted by Gasteiger charge is 2.19. The fourth-order valence-electron chi connectivity index (χ4n) is 1.85. The number of aromatic carboxylic acids is 1. The molecular formula is C13H13N3O4S. The monoisotopic (exact) mass is 307 g/mol. The first kappa shape index (κ1) is 14.9. The molecule has 0 saturated heterocycles. The van der Waals surface area contributed by atoms with Crippen molar-refractivity contribution in [3.63, 3.8) is 0 Å². The third-order valence-corrected chi connectivity index (χ3v) is 3.86. The lowest BCUT2D eigenvalue weighted by molar-refractivity contribution is -0.385. The first-order valence-electron chi connectivity index (χ1n) is 6.10. The molecule has 0 fully saturated rings. The minimum atomic E-state index is -1.23. The van der Waals surface area contributed by atoms with Gasteiger partial charge in [0.05, 0.1) is 4.92 Å². The number of thiophene rings is 1. The molecule has 0 aliphatic heterocycles. The van der Waals surface area contributed by atoms with E-state index < -0.39 is 10.9 Å². The molecule has 21 heavy (non-hydrogen) atoms. The van der Waals surface area contributed by atoms with Gasteiger partial charge in [0.1, 0.15) is 17.6 Å². The first-order valence-corrected chi connectivity index (χ1v) is 6.98. The summed E-state index contributed by atoms with van der Waals surface area (Å²) in [6.07, 6.45) is 1.83. The summed E-state index contributed by atoms with van der Waals surface area (Å²) >= 11 is 1.62.